The summed E-state index contributed by atoms with van der Waals surface area (Å²) in [4.78, 5) is 15.6. The number of ether oxygens (including phenoxy) is 1. The molecule has 2 aromatic rings. The van der Waals surface area contributed by atoms with Gasteiger partial charge in [-0.15, -0.1) is 11.3 Å². The first kappa shape index (κ1) is 13.2. The Morgan fingerprint density at radius 1 is 1.56 bits per heavy atom. The average molecular weight is 330 g/mol. The van der Waals surface area contributed by atoms with E-state index in [1.807, 2.05) is 0 Å². The van der Waals surface area contributed by atoms with Gasteiger partial charge in [-0.05, 0) is 35.0 Å². The van der Waals surface area contributed by atoms with Gasteiger partial charge in [0.15, 0.2) is 5.69 Å². The zero-order valence-corrected chi connectivity index (χ0v) is 11.8. The molecule has 6 heteroatoms. The molecule has 1 aromatic heterocycles. The van der Waals surface area contributed by atoms with Crippen molar-refractivity contribution in [3.63, 3.8) is 0 Å². The standard InChI is InChI=1S/C12H9BrFNO2S/c1-2-17-12(16)10-6-18-11(15-10)7-3-4-8(13)9(14)5-7/h3-6H,2H2,1H3. The molecule has 0 saturated carbocycles. The molecule has 1 aromatic carbocycles. The van der Waals surface area contributed by atoms with Gasteiger partial charge in [0, 0.05) is 10.9 Å². The minimum absolute atomic E-state index is 0.250. The Morgan fingerprint density at radius 3 is 3.00 bits per heavy atom. The fourth-order valence-corrected chi connectivity index (χ4v) is 2.37. The monoisotopic (exact) mass is 329 g/mol. The van der Waals surface area contributed by atoms with Crippen LogP contribution in [-0.2, 0) is 4.74 Å². The summed E-state index contributed by atoms with van der Waals surface area (Å²) in [7, 11) is 0. The molecule has 0 aliphatic rings. The van der Waals surface area contributed by atoms with Crippen molar-refractivity contribution in [1.29, 1.82) is 0 Å². The summed E-state index contributed by atoms with van der Waals surface area (Å²) < 4.78 is 18.6. The summed E-state index contributed by atoms with van der Waals surface area (Å²) in [6, 6.07) is 4.72. The molecule has 0 unspecified atom stereocenters. The number of carbonyl (C=O) groups excluding carboxylic acids is 1. The van der Waals surface area contributed by atoms with Gasteiger partial charge in [0.1, 0.15) is 10.8 Å². The lowest BCUT2D eigenvalue weighted by Crippen LogP contribution is -2.04. The Kier molecular flexibility index (Phi) is 4.08. The lowest BCUT2D eigenvalue weighted by Gasteiger charge is -1.99. The van der Waals surface area contributed by atoms with Crippen molar-refractivity contribution < 1.29 is 13.9 Å². The largest absolute Gasteiger partial charge is 0.461 e. The van der Waals surface area contributed by atoms with E-state index >= 15 is 0 Å². The topological polar surface area (TPSA) is 39.2 Å². The van der Waals surface area contributed by atoms with E-state index in [-0.39, 0.29) is 11.5 Å². The van der Waals surface area contributed by atoms with Crippen LogP contribution in [0.1, 0.15) is 17.4 Å². The molecule has 2 rings (SSSR count). The summed E-state index contributed by atoms with van der Waals surface area (Å²) in [5.74, 6) is -0.821. The van der Waals surface area contributed by atoms with E-state index < -0.39 is 5.97 Å². The van der Waals surface area contributed by atoms with Crippen LogP contribution in [0.3, 0.4) is 0 Å². The highest BCUT2D eigenvalue weighted by molar-refractivity contribution is 9.10. The van der Waals surface area contributed by atoms with Crippen LogP contribution in [0.15, 0.2) is 28.1 Å². The Labute approximate surface area is 116 Å². The number of nitrogens with zero attached hydrogens (tertiary/aromatic N) is 1. The maximum Gasteiger partial charge on any atom is 0.357 e. The van der Waals surface area contributed by atoms with Crippen molar-refractivity contribution in [3.8, 4) is 10.6 Å². The van der Waals surface area contributed by atoms with E-state index in [0.717, 1.165) is 0 Å². The molecular weight excluding hydrogens is 321 g/mol. The molecule has 0 spiro atoms. The van der Waals surface area contributed by atoms with E-state index in [0.29, 0.717) is 21.7 Å². The highest BCUT2D eigenvalue weighted by Crippen LogP contribution is 2.27. The number of thiazole rings is 1. The second-order valence-corrected chi connectivity index (χ2v) is 5.10. The molecule has 94 valence electrons. The van der Waals surface area contributed by atoms with Gasteiger partial charge in [0.2, 0.25) is 0 Å². The molecule has 0 N–H and O–H groups in total. The quantitative estimate of drug-likeness (QED) is 0.802. The van der Waals surface area contributed by atoms with Gasteiger partial charge in [-0.25, -0.2) is 14.2 Å². The van der Waals surface area contributed by atoms with Gasteiger partial charge in [-0.3, -0.25) is 0 Å². The van der Waals surface area contributed by atoms with Crippen molar-refractivity contribution in [3.05, 3.63) is 39.6 Å². The van der Waals surface area contributed by atoms with Crippen LogP contribution < -0.4 is 0 Å². The first-order valence-corrected chi connectivity index (χ1v) is 6.87. The Balaban J connectivity index is 2.29. The van der Waals surface area contributed by atoms with Gasteiger partial charge in [0.05, 0.1) is 11.1 Å². The van der Waals surface area contributed by atoms with Crippen LogP contribution in [0.4, 0.5) is 4.39 Å². The van der Waals surface area contributed by atoms with E-state index in [4.69, 9.17) is 4.74 Å². The molecule has 0 amide bonds. The number of esters is 1. The molecule has 0 aliphatic carbocycles. The number of rotatable bonds is 3. The Hall–Kier alpha value is -1.27. The highest BCUT2D eigenvalue weighted by Gasteiger charge is 2.13. The first-order valence-electron chi connectivity index (χ1n) is 5.20. The first-order chi connectivity index (χ1) is 8.61. The minimum Gasteiger partial charge on any atom is -0.461 e. The minimum atomic E-state index is -0.461. The third-order valence-corrected chi connectivity index (χ3v) is 3.69. The van der Waals surface area contributed by atoms with Crippen LogP contribution >= 0.6 is 27.3 Å². The van der Waals surface area contributed by atoms with E-state index in [1.165, 1.54) is 17.4 Å². The second kappa shape index (κ2) is 5.58. The lowest BCUT2D eigenvalue weighted by atomic mass is 10.2. The number of halogens is 2. The van der Waals surface area contributed by atoms with Gasteiger partial charge >= 0.3 is 5.97 Å². The number of hydrogen-bond donors (Lipinski definition) is 0. The third kappa shape index (κ3) is 2.76. The molecule has 3 nitrogen and oxygen atoms in total. The second-order valence-electron chi connectivity index (χ2n) is 3.39. The van der Waals surface area contributed by atoms with Crippen molar-refractivity contribution in [2.45, 2.75) is 6.92 Å². The number of carbonyl (C=O) groups is 1. The normalized spacial score (nSPS) is 10.4. The zero-order chi connectivity index (χ0) is 13.1. The number of benzene rings is 1. The van der Waals surface area contributed by atoms with Gasteiger partial charge in [0.25, 0.3) is 0 Å². The van der Waals surface area contributed by atoms with Crippen molar-refractivity contribution in [1.82, 2.24) is 4.98 Å². The van der Waals surface area contributed by atoms with Crippen LogP contribution in [0.5, 0.6) is 0 Å². The van der Waals surface area contributed by atoms with Gasteiger partial charge in [-0.1, -0.05) is 6.07 Å². The smallest absolute Gasteiger partial charge is 0.357 e. The average Bonchev–Trinajstić information content (AvgIpc) is 2.82. The molecule has 0 bridgehead atoms. The molecular formula is C12H9BrFNO2S. The fourth-order valence-electron chi connectivity index (χ4n) is 1.33. The molecule has 0 atom stereocenters. The summed E-state index contributed by atoms with van der Waals surface area (Å²) in [5, 5.41) is 2.19. The Morgan fingerprint density at radius 2 is 2.33 bits per heavy atom. The summed E-state index contributed by atoms with van der Waals surface area (Å²) in [6.07, 6.45) is 0. The van der Waals surface area contributed by atoms with Crippen LogP contribution in [0.2, 0.25) is 0 Å². The SMILES string of the molecule is CCOC(=O)c1csc(-c2ccc(Br)c(F)c2)n1. The lowest BCUT2D eigenvalue weighted by molar-refractivity contribution is 0.0520. The number of hydrogen-bond acceptors (Lipinski definition) is 4. The molecule has 18 heavy (non-hydrogen) atoms. The third-order valence-electron chi connectivity index (χ3n) is 2.16. The fraction of sp³-hybridized carbons (Fsp3) is 0.167. The van der Waals surface area contributed by atoms with E-state index in [2.05, 4.69) is 20.9 Å². The van der Waals surface area contributed by atoms with Crippen LogP contribution in [0.25, 0.3) is 10.6 Å². The van der Waals surface area contributed by atoms with Gasteiger partial charge < -0.3 is 4.74 Å². The molecule has 1 heterocycles. The summed E-state index contributed by atoms with van der Waals surface area (Å²) >= 11 is 4.36. The maximum atomic E-state index is 13.4. The highest BCUT2D eigenvalue weighted by atomic mass is 79.9. The molecule has 0 saturated heterocycles. The number of aromatic nitrogens is 1. The van der Waals surface area contributed by atoms with Gasteiger partial charge in [-0.2, -0.15) is 0 Å². The van der Waals surface area contributed by atoms with E-state index in [9.17, 15) is 9.18 Å². The van der Waals surface area contributed by atoms with E-state index in [1.54, 1.807) is 24.4 Å². The summed E-state index contributed by atoms with van der Waals surface area (Å²) in [5.41, 5.74) is 0.886. The summed E-state index contributed by atoms with van der Waals surface area (Å²) in [6.45, 7) is 2.04. The molecule has 0 fully saturated rings. The van der Waals surface area contributed by atoms with Crippen molar-refractivity contribution >= 4 is 33.2 Å². The van der Waals surface area contributed by atoms with Crippen LogP contribution in [0, 0.1) is 5.82 Å². The van der Waals surface area contributed by atoms with Crippen molar-refractivity contribution in [2.24, 2.45) is 0 Å². The predicted molar refractivity (Wildman–Crippen MR) is 71.2 cm³/mol. The Bertz CT molecular complexity index is 585. The zero-order valence-electron chi connectivity index (χ0n) is 9.44. The predicted octanol–water partition coefficient (Wildman–Crippen LogP) is 3.89. The molecule has 0 aliphatic heterocycles. The molecule has 0 radical (unpaired) electrons. The van der Waals surface area contributed by atoms with Crippen LogP contribution in [-0.4, -0.2) is 17.6 Å². The maximum absolute atomic E-state index is 13.4. The van der Waals surface area contributed by atoms with Crippen molar-refractivity contribution in [2.75, 3.05) is 6.61 Å².